The molecule has 2 N–H and O–H groups in total. The lowest BCUT2D eigenvalue weighted by atomic mass is 10.1. The number of carbonyl (C=O) groups excluding carboxylic acids is 1. The number of nitrogens with zero attached hydrogens (tertiary/aromatic N) is 2. The van der Waals surface area contributed by atoms with Gasteiger partial charge in [0.15, 0.2) is 11.5 Å². The van der Waals surface area contributed by atoms with Crippen LogP contribution in [0.5, 0.6) is 11.5 Å². The third kappa shape index (κ3) is 4.14. The largest absolute Gasteiger partial charge is 0.493 e. The Morgan fingerprint density at radius 2 is 1.61 bits per heavy atom. The molecule has 0 bridgehead atoms. The number of aromatic nitrogens is 2. The van der Waals surface area contributed by atoms with Crippen LogP contribution in [0.3, 0.4) is 0 Å². The van der Waals surface area contributed by atoms with Gasteiger partial charge in [-0.1, -0.05) is 6.07 Å². The second-order valence-electron chi connectivity index (χ2n) is 6.53. The summed E-state index contributed by atoms with van der Waals surface area (Å²) in [4.78, 5) is 21.4. The van der Waals surface area contributed by atoms with Crippen molar-refractivity contribution in [2.75, 3.05) is 19.5 Å². The van der Waals surface area contributed by atoms with Gasteiger partial charge in [0.05, 0.1) is 42.7 Å². The lowest BCUT2D eigenvalue weighted by Crippen LogP contribution is -2.31. The number of rotatable bonds is 5. The number of amides is 2. The third-order valence-corrected chi connectivity index (χ3v) is 4.59. The van der Waals surface area contributed by atoms with Crippen molar-refractivity contribution < 1.29 is 14.3 Å². The molecule has 7 heteroatoms. The second kappa shape index (κ2) is 8.12. The molecular weight excluding hydrogens is 356 g/mol. The first-order valence-corrected chi connectivity index (χ1v) is 8.95. The average molecular weight is 380 g/mol. The maximum atomic E-state index is 12.4. The zero-order valence-corrected chi connectivity index (χ0v) is 16.7. The average Bonchev–Trinajstić information content (AvgIpc) is 2.68. The van der Waals surface area contributed by atoms with E-state index in [4.69, 9.17) is 9.47 Å². The minimum absolute atomic E-state index is 0.218. The van der Waals surface area contributed by atoms with Crippen LogP contribution in [-0.2, 0) is 0 Å². The maximum Gasteiger partial charge on any atom is 0.319 e. The van der Waals surface area contributed by atoms with E-state index in [1.807, 2.05) is 57.2 Å². The molecule has 0 fully saturated rings. The van der Waals surface area contributed by atoms with E-state index in [1.165, 1.54) is 0 Å². The highest BCUT2D eigenvalue weighted by atomic mass is 16.5. The van der Waals surface area contributed by atoms with Gasteiger partial charge in [0.1, 0.15) is 0 Å². The van der Waals surface area contributed by atoms with Gasteiger partial charge in [-0.3, -0.25) is 0 Å². The fourth-order valence-corrected chi connectivity index (χ4v) is 2.88. The molecule has 3 aromatic rings. The van der Waals surface area contributed by atoms with Gasteiger partial charge in [0, 0.05) is 5.69 Å². The van der Waals surface area contributed by atoms with Gasteiger partial charge >= 0.3 is 6.03 Å². The van der Waals surface area contributed by atoms with E-state index >= 15 is 0 Å². The molecule has 2 amide bonds. The summed E-state index contributed by atoms with van der Waals surface area (Å²) < 4.78 is 10.6. The van der Waals surface area contributed by atoms with Crippen LogP contribution in [-0.4, -0.2) is 30.2 Å². The zero-order valence-electron chi connectivity index (χ0n) is 16.7. The van der Waals surface area contributed by atoms with E-state index < -0.39 is 0 Å². The Hall–Kier alpha value is -3.35. The van der Waals surface area contributed by atoms with Crippen LogP contribution in [0.1, 0.15) is 29.9 Å². The molecule has 0 aliphatic heterocycles. The Morgan fingerprint density at radius 3 is 2.29 bits per heavy atom. The molecule has 0 spiro atoms. The fraction of sp³-hybridized carbons (Fsp3) is 0.286. The first-order chi connectivity index (χ1) is 13.4. The quantitative estimate of drug-likeness (QED) is 0.695. The molecule has 1 atom stereocenters. The van der Waals surface area contributed by atoms with Crippen LogP contribution in [0.2, 0.25) is 0 Å². The number of urea groups is 1. The number of hydrogen-bond acceptors (Lipinski definition) is 5. The van der Waals surface area contributed by atoms with E-state index in [1.54, 1.807) is 14.2 Å². The van der Waals surface area contributed by atoms with Gasteiger partial charge in [0.2, 0.25) is 0 Å². The molecule has 146 valence electrons. The number of aryl methyl sites for hydroxylation is 2. The molecule has 3 rings (SSSR count). The predicted octanol–water partition coefficient (Wildman–Crippen LogP) is 4.15. The fourth-order valence-electron chi connectivity index (χ4n) is 2.88. The van der Waals surface area contributed by atoms with Crippen molar-refractivity contribution in [1.82, 2.24) is 15.3 Å². The van der Waals surface area contributed by atoms with Gasteiger partial charge in [-0.15, -0.1) is 0 Å². The normalized spacial score (nSPS) is 11.8. The van der Waals surface area contributed by atoms with Crippen LogP contribution < -0.4 is 20.1 Å². The monoisotopic (exact) mass is 380 g/mol. The number of fused-ring (bicyclic) bond motifs is 1. The van der Waals surface area contributed by atoms with Crippen LogP contribution in [0.4, 0.5) is 10.5 Å². The molecule has 1 heterocycles. The number of nitrogens with one attached hydrogen (secondary N) is 2. The first-order valence-electron chi connectivity index (χ1n) is 8.95. The van der Waals surface area contributed by atoms with E-state index in [2.05, 4.69) is 20.6 Å². The number of methoxy groups -OCH3 is 2. The topological polar surface area (TPSA) is 85.4 Å². The highest BCUT2D eigenvalue weighted by Crippen LogP contribution is 2.30. The Bertz CT molecular complexity index is 1020. The molecule has 28 heavy (non-hydrogen) atoms. The van der Waals surface area contributed by atoms with Crippen molar-refractivity contribution in [3.05, 3.63) is 53.3 Å². The van der Waals surface area contributed by atoms with Gasteiger partial charge in [-0.05, 0) is 56.7 Å². The van der Waals surface area contributed by atoms with E-state index in [0.29, 0.717) is 17.2 Å². The van der Waals surface area contributed by atoms with Crippen LogP contribution >= 0.6 is 0 Å². The third-order valence-electron chi connectivity index (χ3n) is 4.59. The van der Waals surface area contributed by atoms with Crippen molar-refractivity contribution in [1.29, 1.82) is 0 Å². The number of ether oxygens (including phenoxy) is 2. The van der Waals surface area contributed by atoms with Gasteiger partial charge in [0.25, 0.3) is 0 Å². The summed E-state index contributed by atoms with van der Waals surface area (Å²) >= 11 is 0. The number of carbonyl (C=O) groups is 1. The van der Waals surface area contributed by atoms with Crippen molar-refractivity contribution in [2.24, 2.45) is 0 Å². The summed E-state index contributed by atoms with van der Waals surface area (Å²) in [6.07, 6.45) is 0. The van der Waals surface area contributed by atoms with Gasteiger partial charge in [-0.2, -0.15) is 0 Å². The molecule has 0 aliphatic rings. The number of benzene rings is 2. The minimum atomic E-state index is -0.307. The molecule has 0 radical (unpaired) electrons. The van der Waals surface area contributed by atoms with Crippen LogP contribution in [0.25, 0.3) is 11.0 Å². The molecule has 1 unspecified atom stereocenters. The summed E-state index contributed by atoms with van der Waals surface area (Å²) in [5.74, 6) is 1.26. The van der Waals surface area contributed by atoms with Crippen molar-refractivity contribution in [3.8, 4) is 11.5 Å². The van der Waals surface area contributed by atoms with Gasteiger partial charge in [-0.25, -0.2) is 14.8 Å². The summed E-state index contributed by atoms with van der Waals surface area (Å²) in [6, 6.07) is 10.5. The Labute approximate surface area is 164 Å². The van der Waals surface area contributed by atoms with Gasteiger partial charge < -0.3 is 20.1 Å². The SMILES string of the molecule is COc1ccc(C(C)NC(=O)Nc2ccc3nc(C)c(C)nc3c2)cc1OC. The standard InChI is InChI=1S/C21H24N4O3/c1-12-13(2)23-18-11-16(7-8-17(18)22-12)25-21(26)24-14(3)15-6-9-19(27-4)20(10-15)28-5/h6-11,14H,1-5H3,(H2,24,25,26). The second-order valence-corrected chi connectivity index (χ2v) is 6.53. The molecular formula is C21H24N4O3. The Kier molecular flexibility index (Phi) is 5.63. The van der Waals surface area contributed by atoms with E-state index in [-0.39, 0.29) is 12.1 Å². The summed E-state index contributed by atoms with van der Waals surface area (Å²) in [5.41, 5.74) is 4.87. The number of anilines is 1. The minimum Gasteiger partial charge on any atom is -0.493 e. The highest BCUT2D eigenvalue weighted by molar-refractivity contribution is 5.92. The maximum absolute atomic E-state index is 12.4. The van der Waals surface area contributed by atoms with E-state index in [9.17, 15) is 4.79 Å². The molecule has 2 aromatic carbocycles. The smallest absolute Gasteiger partial charge is 0.319 e. The summed E-state index contributed by atoms with van der Waals surface area (Å²) in [7, 11) is 3.17. The Morgan fingerprint density at radius 1 is 0.929 bits per heavy atom. The lowest BCUT2D eigenvalue weighted by Gasteiger charge is -2.17. The zero-order chi connectivity index (χ0) is 20.3. The number of hydrogen-bond donors (Lipinski definition) is 2. The molecule has 1 aromatic heterocycles. The van der Waals surface area contributed by atoms with Crippen molar-refractivity contribution in [2.45, 2.75) is 26.8 Å². The molecule has 0 saturated carbocycles. The summed E-state index contributed by atoms with van der Waals surface area (Å²) in [6.45, 7) is 5.75. The predicted molar refractivity (Wildman–Crippen MR) is 109 cm³/mol. The van der Waals surface area contributed by atoms with E-state index in [0.717, 1.165) is 28.0 Å². The summed E-state index contributed by atoms with van der Waals surface area (Å²) in [5, 5.41) is 5.77. The molecule has 0 saturated heterocycles. The van der Waals surface area contributed by atoms with Crippen molar-refractivity contribution in [3.63, 3.8) is 0 Å². The highest BCUT2D eigenvalue weighted by Gasteiger charge is 2.13. The molecule has 7 nitrogen and oxygen atoms in total. The Balaban J connectivity index is 1.71. The first kappa shape index (κ1) is 19.4. The van der Waals surface area contributed by atoms with Crippen LogP contribution in [0, 0.1) is 13.8 Å². The van der Waals surface area contributed by atoms with Crippen molar-refractivity contribution >= 4 is 22.8 Å². The van der Waals surface area contributed by atoms with Crippen LogP contribution in [0.15, 0.2) is 36.4 Å². The lowest BCUT2D eigenvalue weighted by molar-refractivity contribution is 0.249. The molecule has 0 aliphatic carbocycles.